The van der Waals surface area contributed by atoms with E-state index in [1.807, 2.05) is 0 Å². The van der Waals surface area contributed by atoms with Crippen molar-refractivity contribution in [3.05, 3.63) is 45.9 Å². The van der Waals surface area contributed by atoms with E-state index < -0.39 is 0 Å². The van der Waals surface area contributed by atoms with Gasteiger partial charge in [-0.05, 0) is 41.9 Å². The summed E-state index contributed by atoms with van der Waals surface area (Å²) in [7, 11) is 0. The van der Waals surface area contributed by atoms with Crippen LogP contribution in [0.25, 0.3) is 5.69 Å². The van der Waals surface area contributed by atoms with Gasteiger partial charge in [0.25, 0.3) is 0 Å². The first-order chi connectivity index (χ1) is 8.25. The van der Waals surface area contributed by atoms with E-state index in [1.54, 1.807) is 24.3 Å². The summed E-state index contributed by atoms with van der Waals surface area (Å²) in [5, 5.41) is 17.1. The topological polar surface area (TPSA) is 44.8 Å². The Bertz CT molecular complexity index is 548. The minimum Gasteiger partial charge on any atom is -0.692 e. The summed E-state index contributed by atoms with van der Waals surface area (Å²) in [5.41, 5.74) is 2.49. The summed E-state index contributed by atoms with van der Waals surface area (Å²) in [5.74, 6) is 0. The van der Waals surface area contributed by atoms with E-state index in [0.29, 0.717) is 5.02 Å². The molecule has 0 saturated carbocycles. The Balaban J connectivity index is 2.09. The minimum absolute atomic E-state index is 0.656. The van der Waals surface area contributed by atoms with Crippen LogP contribution < -0.4 is 4.85 Å². The fourth-order valence-corrected chi connectivity index (χ4v) is 2.32. The fourth-order valence-electron chi connectivity index (χ4n) is 2.19. The highest BCUT2D eigenvalue weighted by Crippen LogP contribution is 2.18. The highest BCUT2D eigenvalue weighted by molar-refractivity contribution is 6.30. The Morgan fingerprint density at radius 3 is 2.59 bits per heavy atom. The maximum Gasteiger partial charge on any atom is 0.222 e. The Morgan fingerprint density at radius 2 is 1.88 bits per heavy atom. The summed E-state index contributed by atoms with van der Waals surface area (Å²) < 4.78 is 0. The number of nitrogens with zero attached hydrogens (tertiary/aromatic N) is 3. The second-order valence-corrected chi connectivity index (χ2v) is 4.68. The van der Waals surface area contributed by atoms with Crippen LogP contribution in [0.3, 0.4) is 0 Å². The van der Waals surface area contributed by atoms with Crippen LogP contribution in [-0.4, -0.2) is 9.90 Å². The van der Waals surface area contributed by atoms with Crippen molar-refractivity contribution in [1.82, 2.24) is 9.90 Å². The van der Waals surface area contributed by atoms with Gasteiger partial charge in [-0.3, -0.25) is 0 Å². The van der Waals surface area contributed by atoms with E-state index in [0.717, 1.165) is 47.6 Å². The SMILES string of the molecule is [O-][n+]1c2c(nn1-c1ccc(Cl)cc1)CCCC2. The van der Waals surface area contributed by atoms with E-state index >= 15 is 0 Å². The molecular formula is C12H12ClN3O. The summed E-state index contributed by atoms with van der Waals surface area (Å²) in [6.07, 6.45) is 3.91. The van der Waals surface area contributed by atoms with Gasteiger partial charge in [0.2, 0.25) is 5.69 Å². The van der Waals surface area contributed by atoms with Crippen LogP contribution in [-0.2, 0) is 12.8 Å². The molecule has 4 nitrogen and oxygen atoms in total. The fraction of sp³-hybridized carbons (Fsp3) is 0.333. The molecule has 0 atom stereocenters. The van der Waals surface area contributed by atoms with Crippen molar-refractivity contribution >= 4 is 11.6 Å². The van der Waals surface area contributed by atoms with Crippen molar-refractivity contribution in [2.45, 2.75) is 25.7 Å². The lowest BCUT2D eigenvalue weighted by Gasteiger charge is -2.08. The molecule has 1 aromatic heterocycles. The third-order valence-electron chi connectivity index (χ3n) is 3.09. The third kappa shape index (κ3) is 1.78. The molecule has 88 valence electrons. The average molecular weight is 250 g/mol. The molecule has 1 aliphatic carbocycles. The number of aryl methyl sites for hydroxylation is 1. The van der Waals surface area contributed by atoms with Gasteiger partial charge >= 0.3 is 0 Å². The molecule has 0 fully saturated rings. The Labute approximate surface area is 104 Å². The summed E-state index contributed by atoms with van der Waals surface area (Å²) in [6, 6.07) is 7.12. The number of fused-ring (bicyclic) bond motifs is 1. The molecule has 0 radical (unpaired) electrons. The maximum atomic E-state index is 12.1. The van der Waals surface area contributed by atoms with Crippen LogP contribution in [0.5, 0.6) is 0 Å². The van der Waals surface area contributed by atoms with Crippen LogP contribution in [0.2, 0.25) is 5.02 Å². The molecule has 0 spiro atoms. The molecule has 5 heteroatoms. The highest BCUT2D eigenvalue weighted by atomic mass is 35.5. The van der Waals surface area contributed by atoms with Gasteiger partial charge in [0, 0.05) is 23.0 Å². The van der Waals surface area contributed by atoms with Crippen LogP contribution >= 0.6 is 11.6 Å². The van der Waals surface area contributed by atoms with Gasteiger partial charge in [-0.2, -0.15) is 0 Å². The van der Waals surface area contributed by atoms with Crippen molar-refractivity contribution in [2.24, 2.45) is 0 Å². The smallest absolute Gasteiger partial charge is 0.222 e. The van der Waals surface area contributed by atoms with Crippen LogP contribution in [0.4, 0.5) is 0 Å². The molecule has 1 aromatic carbocycles. The first-order valence-electron chi connectivity index (χ1n) is 5.72. The van der Waals surface area contributed by atoms with Gasteiger partial charge in [-0.1, -0.05) is 11.6 Å². The Hall–Kier alpha value is -1.55. The first kappa shape index (κ1) is 10.6. The van der Waals surface area contributed by atoms with Crippen LogP contribution in [0, 0.1) is 5.21 Å². The molecule has 17 heavy (non-hydrogen) atoms. The van der Waals surface area contributed by atoms with Crippen molar-refractivity contribution in [3.8, 4) is 5.69 Å². The number of benzene rings is 1. The third-order valence-corrected chi connectivity index (χ3v) is 3.34. The van der Waals surface area contributed by atoms with Gasteiger partial charge < -0.3 is 5.21 Å². The average Bonchev–Trinajstić information content (AvgIpc) is 2.69. The van der Waals surface area contributed by atoms with Crippen molar-refractivity contribution in [2.75, 3.05) is 0 Å². The summed E-state index contributed by atoms with van der Waals surface area (Å²) in [4.78, 5) is 2.31. The van der Waals surface area contributed by atoms with E-state index in [9.17, 15) is 5.21 Å². The number of rotatable bonds is 1. The minimum atomic E-state index is 0.656. The predicted octanol–water partition coefficient (Wildman–Crippen LogP) is 2.04. The standard InChI is InChI=1S/C12H12ClN3O/c13-9-5-7-10(8-6-9)15-14-11-3-1-2-4-12(11)16(15)17/h5-8H,1-4H2. The first-order valence-corrected chi connectivity index (χ1v) is 6.10. The van der Waals surface area contributed by atoms with Crippen molar-refractivity contribution in [3.63, 3.8) is 0 Å². The number of aromatic nitrogens is 3. The maximum absolute atomic E-state index is 12.1. The molecule has 2 aromatic rings. The molecule has 0 N–H and O–H groups in total. The number of halogens is 1. The summed E-state index contributed by atoms with van der Waals surface area (Å²) >= 11 is 5.83. The van der Waals surface area contributed by atoms with Crippen LogP contribution in [0.15, 0.2) is 24.3 Å². The number of hydrogen-bond acceptors (Lipinski definition) is 2. The Kier molecular flexibility index (Phi) is 2.52. The van der Waals surface area contributed by atoms with E-state index in [4.69, 9.17) is 11.6 Å². The van der Waals surface area contributed by atoms with Gasteiger partial charge in [0.05, 0.1) is 0 Å². The molecule has 0 amide bonds. The monoisotopic (exact) mass is 249 g/mol. The number of hydrogen-bond donors (Lipinski definition) is 0. The van der Waals surface area contributed by atoms with Crippen molar-refractivity contribution in [1.29, 1.82) is 0 Å². The van der Waals surface area contributed by atoms with E-state index in [1.165, 1.54) is 4.80 Å². The van der Waals surface area contributed by atoms with Gasteiger partial charge in [0.15, 0.2) is 5.69 Å². The molecular weight excluding hydrogens is 238 g/mol. The molecule has 0 saturated heterocycles. The highest BCUT2D eigenvalue weighted by Gasteiger charge is 2.25. The zero-order valence-electron chi connectivity index (χ0n) is 9.27. The zero-order chi connectivity index (χ0) is 11.8. The van der Waals surface area contributed by atoms with Gasteiger partial charge in [0.1, 0.15) is 5.69 Å². The lowest BCUT2D eigenvalue weighted by atomic mass is 10.0. The van der Waals surface area contributed by atoms with E-state index in [2.05, 4.69) is 5.10 Å². The predicted molar refractivity (Wildman–Crippen MR) is 64.2 cm³/mol. The second kappa shape index (κ2) is 4.04. The normalized spacial score (nSPS) is 14.6. The molecule has 0 unspecified atom stereocenters. The summed E-state index contributed by atoms with van der Waals surface area (Å²) in [6.45, 7) is 0. The molecule has 1 heterocycles. The zero-order valence-corrected chi connectivity index (χ0v) is 10.0. The van der Waals surface area contributed by atoms with E-state index in [-0.39, 0.29) is 0 Å². The lowest BCUT2D eigenvalue weighted by molar-refractivity contribution is -0.695. The molecule has 0 bridgehead atoms. The lowest BCUT2D eigenvalue weighted by Crippen LogP contribution is -2.40. The molecule has 0 aliphatic heterocycles. The molecule has 1 aliphatic rings. The van der Waals surface area contributed by atoms with Gasteiger partial charge in [-0.25, -0.2) is 0 Å². The second-order valence-electron chi connectivity index (χ2n) is 4.24. The van der Waals surface area contributed by atoms with Gasteiger partial charge in [-0.15, -0.1) is 4.85 Å². The quantitative estimate of drug-likeness (QED) is 0.574. The van der Waals surface area contributed by atoms with Crippen LogP contribution in [0.1, 0.15) is 24.2 Å². The largest absolute Gasteiger partial charge is 0.692 e. The van der Waals surface area contributed by atoms with Crippen molar-refractivity contribution < 1.29 is 4.85 Å². The molecule has 3 rings (SSSR count). The Morgan fingerprint density at radius 1 is 1.18 bits per heavy atom.